The molecule has 2 N–H and O–H groups in total. The van der Waals surface area contributed by atoms with Crippen molar-refractivity contribution in [1.82, 2.24) is 4.31 Å². The molecule has 2 rings (SSSR count). The van der Waals surface area contributed by atoms with Crippen LogP contribution in [-0.2, 0) is 10.0 Å². The molecule has 0 aromatic heterocycles. The molecule has 1 fully saturated rings. The molecule has 1 aromatic rings. The maximum absolute atomic E-state index is 12.6. The molecule has 1 saturated heterocycles. The van der Waals surface area contributed by atoms with E-state index in [4.69, 9.17) is 5.21 Å². The minimum atomic E-state index is -3.54. The molecule has 6 nitrogen and oxygen atoms in total. The van der Waals surface area contributed by atoms with E-state index in [9.17, 15) is 13.5 Å². The first-order valence-electron chi connectivity index (χ1n) is 6.65. The maximum atomic E-state index is 12.6. The Bertz CT molecular complexity index is 638. The van der Waals surface area contributed by atoms with E-state index >= 15 is 0 Å². The van der Waals surface area contributed by atoms with Crippen LogP contribution in [0, 0.1) is 0 Å². The molecule has 0 spiro atoms. The third-order valence-corrected chi connectivity index (χ3v) is 6.10. The Morgan fingerprint density at radius 3 is 2.57 bits per heavy atom. The van der Waals surface area contributed by atoms with Crippen LogP contribution in [0.1, 0.15) is 26.2 Å². The van der Waals surface area contributed by atoms with Gasteiger partial charge in [-0.2, -0.15) is 4.31 Å². The molecule has 0 amide bonds. The first-order valence-corrected chi connectivity index (χ1v) is 8.90. The number of nitrogens with zero attached hydrogens (tertiary/aromatic N) is 2. The van der Waals surface area contributed by atoms with Gasteiger partial charge in [0.25, 0.3) is 0 Å². The SMILES string of the molecule is CC(=NO)Sc1cc(S(=O)(=O)N2CCCCC2)ccc1O. The molecule has 1 aliphatic rings. The van der Waals surface area contributed by atoms with Gasteiger partial charge in [0.15, 0.2) is 0 Å². The van der Waals surface area contributed by atoms with Gasteiger partial charge in [-0.05, 0) is 38.0 Å². The predicted molar refractivity (Wildman–Crippen MR) is 81.5 cm³/mol. The van der Waals surface area contributed by atoms with Crippen molar-refractivity contribution in [2.45, 2.75) is 36.0 Å². The number of sulfonamides is 1. The van der Waals surface area contributed by atoms with E-state index in [2.05, 4.69) is 5.16 Å². The summed E-state index contributed by atoms with van der Waals surface area (Å²) < 4.78 is 26.6. The van der Waals surface area contributed by atoms with Crippen molar-refractivity contribution in [2.24, 2.45) is 5.16 Å². The van der Waals surface area contributed by atoms with Crippen molar-refractivity contribution in [2.75, 3.05) is 13.1 Å². The number of thioether (sulfide) groups is 1. The Morgan fingerprint density at radius 1 is 1.29 bits per heavy atom. The summed E-state index contributed by atoms with van der Waals surface area (Å²) in [7, 11) is -3.54. The molecule has 0 saturated carbocycles. The summed E-state index contributed by atoms with van der Waals surface area (Å²) in [5.41, 5.74) is 0. The van der Waals surface area contributed by atoms with Crippen LogP contribution < -0.4 is 0 Å². The molecule has 21 heavy (non-hydrogen) atoms. The van der Waals surface area contributed by atoms with Crippen LogP contribution in [0.2, 0.25) is 0 Å². The zero-order valence-corrected chi connectivity index (χ0v) is 13.3. The summed E-state index contributed by atoms with van der Waals surface area (Å²) in [4.78, 5) is 0.499. The average molecular weight is 330 g/mol. The van der Waals surface area contributed by atoms with Crippen molar-refractivity contribution in [3.63, 3.8) is 0 Å². The fourth-order valence-corrected chi connectivity index (χ4v) is 4.51. The lowest BCUT2D eigenvalue weighted by Crippen LogP contribution is -2.35. The molecule has 0 atom stereocenters. The molecule has 0 bridgehead atoms. The standard InChI is InChI=1S/C13H18N2O4S2/c1-10(14-17)20-13-9-11(5-6-12(13)16)21(18,19)15-7-3-2-4-8-15/h5-6,9,16-17H,2-4,7-8H2,1H3. The van der Waals surface area contributed by atoms with Gasteiger partial charge in [0.05, 0.1) is 9.79 Å². The van der Waals surface area contributed by atoms with Crippen LogP contribution in [0.15, 0.2) is 33.1 Å². The van der Waals surface area contributed by atoms with E-state index in [0.717, 1.165) is 31.0 Å². The average Bonchev–Trinajstić information content (AvgIpc) is 2.50. The summed E-state index contributed by atoms with van der Waals surface area (Å²) in [5, 5.41) is 21.8. The monoisotopic (exact) mass is 330 g/mol. The van der Waals surface area contributed by atoms with Gasteiger partial charge < -0.3 is 10.3 Å². The molecule has 0 radical (unpaired) electrons. The topological polar surface area (TPSA) is 90.2 Å². The van der Waals surface area contributed by atoms with E-state index in [1.54, 1.807) is 6.92 Å². The summed E-state index contributed by atoms with van der Waals surface area (Å²) in [6, 6.07) is 4.16. The van der Waals surface area contributed by atoms with Gasteiger partial charge >= 0.3 is 0 Å². The van der Waals surface area contributed by atoms with Gasteiger partial charge in [0.2, 0.25) is 10.0 Å². The number of hydrogen-bond acceptors (Lipinski definition) is 6. The Kier molecular flexibility index (Phi) is 5.13. The van der Waals surface area contributed by atoms with Gasteiger partial charge in [-0.15, -0.1) is 0 Å². The summed E-state index contributed by atoms with van der Waals surface area (Å²) in [6.07, 6.45) is 2.79. The molecular formula is C13H18N2O4S2. The van der Waals surface area contributed by atoms with Crippen molar-refractivity contribution in [3.05, 3.63) is 18.2 Å². The van der Waals surface area contributed by atoms with Gasteiger partial charge in [-0.25, -0.2) is 8.42 Å². The molecule has 0 unspecified atom stereocenters. The van der Waals surface area contributed by atoms with Crippen LogP contribution in [0.3, 0.4) is 0 Å². The first-order chi connectivity index (χ1) is 9.95. The van der Waals surface area contributed by atoms with E-state index < -0.39 is 10.0 Å². The number of phenolic OH excluding ortho intramolecular Hbond substituents is 1. The second-order valence-electron chi connectivity index (χ2n) is 4.82. The fraction of sp³-hybridized carbons (Fsp3) is 0.462. The Morgan fingerprint density at radius 2 is 1.95 bits per heavy atom. The molecule has 1 aliphatic heterocycles. The lowest BCUT2D eigenvalue weighted by molar-refractivity contribution is 0.320. The van der Waals surface area contributed by atoms with E-state index in [0.29, 0.717) is 23.0 Å². The lowest BCUT2D eigenvalue weighted by atomic mass is 10.2. The predicted octanol–water partition coefficient (Wildman–Crippen LogP) is 2.47. The van der Waals surface area contributed by atoms with Gasteiger partial charge in [0, 0.05) is 13.1 Å². The van der Waals surface area contributed by atoms with Gasteiger partial charge in [-0.3, -0.25) is 0 Å². The molecular weight excluding hydrogens is 312 g/mol. The number of piperidine rings is 1. The summed E-state index contributed by atoms with van der Waals surface area (Å²) >= 11 is 1.01. The summed E-state index contributed by atoms with van der Waals surface area (Å²) in [6.45, 7) is 2.63. The van der Waals surface area contributed by atoms with Gasteiger partial charge in [-0.1, -0.05) is 23.3 Å². The maximum Gasteiger partial charge on any atom is 0.243 e. The largest absolute Gasteiger partial charge is 0.507 e. The number of hydrogen-bond donors (Lipinski definition) is 2. The Hall–Kier alpha value is -1.25. The van der Waals surface area contributed by atoms with E-state index in [-0.39, 0.29) is 10.6 Å². The highest BCUT2D eigenvalue weighted by atomic mass is 32.2. The molecule has 1 aromatic carbocycles. The highest BCUT2D eigenvalue weighted by Crippen LogP contribution is 2.32. The van der Waals surface area contributed by atoms with E-state index in [1.165, 1.54) is 22.5 Å². The third kappa shape index (κ3) is 3.69. The number of benzene rings is 1. The minimum absolute atomic E-state index is 0.0411. The number of rotatable bonds is 3. The highest BCUT2D eigenvalue weighted by molar-refractivity contribution is 8.14. The second kappa shape index (κ2) is 6.67. The van der Waals surface area contributed by atoms with Crippen molar-refractivity contribution in [1.29, 1.82) is 0 Å². The second-order valence-corrected chi connectivity index (χ2v) is 7.99. The number of phenols is 1. The minimum Gasteiger partial charge on any atom is -0.507 e. The molecule has 1 heterocycles. The van der Waals surface area contributed by atoms with Crippen LogP contribution in [0.4, 0.5) is 0 Å². The molecule has 116 valence electrons. The summed E-state index contributed by atoms with van der Waals surface area (Å²) in [5.74, 6) is -0.0411. The van der Waals surface area contributed by atoms with Crippen molar-refractivity contribution < 1.29 is 18.7 Å². The third-order valence-electron chi connectivity index (χ3n) is 3.28. The fourth-order valence-electron chi connectivity index (χ4n) is 2.17. The van der Waals surface area contributed by atoms with Crippen molar-refractivity contribution >= 4 is 26.8 Å². The van der Waals surface area contributed by atoms with Crippen LogP contribution in [-0.4, -0.2) is 41.2 Å². The highest BCUT2D eigenvalue weighted by Gasteiger charge is 2.26. The zero-order chi connectivity index (χ0) is 15.5. The smallest absolute Gasteiger partial charge is 0.243 e. The lowest BCUT2D eigenvalue weighted by Gasteiger charge is -2.26. The molecule has 0 aliphatic carbocycles. The van der Waals surface area contributed by atoms with Crippen LogP contribution in [0.5, 0.6) is 5.75 Å². The zero-order valence-electron chi connectivity index (χ0n) is 11.7. The van der Waals surface area contributed by atoms with Crippen LogP contribution >= 0.6 is 11.8 Å². The van der Waals surface area contributed by atoms with E-state index in [1.807, 2.05) is 0 Å². The Balaban J connectivity index is 2.33. The van der Waals surface area contributed by atoms with Crippen molar-refractivity contribution in [3.8, 4) is 5.75 Å². The molecule has 8 heteroatoms. The van der Waals surface area contributed by atoms with Gasteiger partial charge in [0.1, 0.15) is 10.8 Å². The first kappa shape index (κ1) is 16.1. The van der Waals surface area contributed by atoms with Crippen LogP contribution in [0.25, 0.3) is 0 Å². The Labute approximate surface area is 128 Å². The number of aromatic hydroxyl groups is 1. The number of oxime groups is 1. The quantitative estimate of drug-likeness (QED) is 0.292. The normalized spacial score (nSPS) is 17.9.